The van der Waals surface area contributed by atoms with Crippen molar-refractivity contribution in [3.8, 4) is 0 Å². The van der Waals surface area contributed by atoms with Gasteiger partial charge in [-0.25, -0.2) is 0 Å². The highest BCUT2D eigenvalue weighted by atomic mass is 16.3. The van der Waals surface area contributed by atoms with E-state index in [0.29, 0.717) is 12.3 Å². The summed E-state index contributed by atoms with van der Waals surface area (Å²) in [5.74, 6) is 0.722. The summed E-state index contributed by atoms with van der Waals surface area (Å²) in [5.41, 5.74) is 0. The van der Waals surface area contributed by atoms with Gasteiger partial charge in [0.2, 0.25) is 0 Å². The van der Waals surface area contributed by atoms with Gasteiger partial charge in [0, 0.05) is 0 Å². The molecule has 3 atom stereocenters. The van der Waals surface area contributed by atoms with Crippen molar-refractivity contribution in [2.45, 2.75) is 52.7 Å². The molecular formula is C10H22O2. The maximum absolute atomic E-state index is 9.53. The number of aliphatic hydroxyl groups is 2. The molecule has 0 aliphatic heterocycles. The van der Waals surface area contributed by atoms with Gasteiger partial charge < -0.3 is 10.2 Å². The minimum atomic E-state index is -0.313. The lowest BCUT2D eigenvalue weighted by Gasteiger charge is -2.19. The first-order valence-corrected chi connectivity index (χ1v) is 4.79. The van der Waals surface area contributed by atoms with Gasteiger partial charge in [0.1, 0.15) is 0 Å². The SMILES string of the molecule is CC(C)CC(O)CC(C)C(C)O. The van der Waals surface area contributed by atoms with E-state index in [1.807, 2.05) is 6.92 Å². The minimum absolute atomic E-state index is 0.193. The van der Waals surface area contributed by atoms with E-state index in [2.05, 4.69) is 13.8 Å². The van der Waals surface area contributed by atoms with Crippen LogP contribution in [-0.2, 0) is 0 Å². The van der Waals surface area contributed by atoms with Gasteiger partial charge in [-0.1, -0.05) is 20.8 Å². The van der Waals surface area contributed by atoms with Crippen LogP contribution in [0.3, 0.4) is 0 Å². The summed E-state index contributed by atoms with van der Waals surface area (Å²) in [6.07, 6.45) is 0.966. The smallest absolute Gasteiger partial charge is 0.0546 e. The molecule has 2 heteroatoms. The van der Waals surface area contributed by atoms with E-state index in [1.165, 1.54) is 0 Å². The monoisotopic (exact) mass is 174 g/mol. The van der Waals surface area contributed by atoms with Crippen LogP contribution in [0.5, 0.6) is 0 Å². The van der Waals surface area contributed by atoms with Gasteiger partial charge in [-0.15, -0.1) is 0 Å². The van der Waals surface area contributed by atoms with E-state index in [1.54, 1.807) is 6.92 Å². The summed E-state index contributed by atoms with van der Waals surface area (Å²) in [6.45, 7) is 7.92. The average molecular weight is 174 g/mol. The zero-order chi connectivity index (χ0) is 9.72. The predicted octanol–water partition coefficient (Wildman–Crippen LogP) is 1.80. The Labute approximate surface area is 75.6 Å². The van der Waals surface area contributed by atoms with Crippen LogP contribution < -0.4 is 0 Å². The second-order valence-corrected chi connectivity index (χ2v) is 4.24. The number of hydrogen-bond donors (Lipinski definition) is 2. The second kappa shape index (κ2) is 5.55. The summed E-state index contributed by atoms with van der Waals surface area (Å²) < 4.78 is 0. The van der Waals surface area contributed by atoms with Crippen molar-refractivity contribution in [3.63, 3.8) is 0 Å². The molecular weight excluding hydrogens is 152 g/mol. The molecule has 0 aromatic heterocycles. The number of rotatable bonds is 5. The summed E-state index contributed by atoms with van der Waals surface area (Å²) in [7, 11) is 0. The third-order valence-corrected chi connectivity index (χ3v) is 2.21. The summed E-state index contributed by atoms with van der Waals surface area (Å²) in [5, 5.41) is 18.7. The first-order chi connectivity index (χ1) is 5.43. The molecule has 0 amide bonds. The van der Waals surface area contributed by atoms with Crippen LogP contribution in [0.1, 0.15) is 40.5 Å². The Kier molecular flexibility index (Phi) is 5.51. The minimum Gasteiger partial charge on any atom is -0.393 e. The first kappa shape index (κ1) is 11.9. The van der Waals surface area contributed by atoms with Crippen LogP contribution in [0, 0.1) is 11.8 Å². The van der Waals surface area contributed by atoms with Crippen molar-refractivity contribution in [1.82, 2.24) is 0 Å². The van der Waals surface area contributed by atoms with Crippen molar-refractivity contribution in [1.29, 1.82) is 0 Å². The van der Waals surface area contributed by atoms with E-state index in [4.69, 9.17) is 0 Å². The Bertz CT molecular complexity index is 110. The fourth-order valence-corrected chi connectivity index (χ4v) is 1.27. The van der Waals surface area contributed by atoms with E-state index >= 15 is 0 Å². The highest BCUT2D eigenvalue weighted by Crippen LogP contribution is 2.15. The lowest BCUT2D eigenvalue weighted by molar-refractivity contribution is 0.0699. The fourth-order valence-electron chi connectivity index (χ4n) is 1.27. The molecule has 0 fully saturated rings. The van der Waals surface area contributed by atoms with Crippen LogP contribution in [0.15, 0.2) is 0 Å². The maximum Gasteiger partial charge on any atom is 0.0546 e. The third-order valence-electron chi connectivity index (χ3n) is 2.21. The normalized spacial score (nSPS) is 19.2. The third kappa shape index (κ3) is 5.56. The van der Waals surface area contributed by atoms with E-state index in [-0.39, 0.29) is 18.1 Å². The lowest BCUT2D eigenvalue weighted by Crippen LogP contribution is -2.21. The van der Waals surface area contributed by atoms with Crippen LogP contribution in [0.2, 0.25) is 0 Å². The Balaban J connectivity index is 3.61. The summed E-state index contributed by atoms with van der Waals surface area (Å²) in [6, 6.07) is 0. The quantitative estimate of drug-likeness (QED) is 0.667. The molecule has 0 saturated heterocycles. The largest absolute Gasteiger partial charge is 0.393 e. The molecule has 0 rings (SSSR count). The Hall–Kier alpha value is -0.0800. The van der Waals surface area contributed by atoms with Crippen LogP contribution in [-0.4, -0.2) is 22.4 Å². The van der Waals surface area contributed by atoms with Crippen molar-refractivity contribution in [2.24, 2.45) is 11.8 Å². The van der Waals surface area contributed by atoms with Gasteiger partial charge in [-0.2, -0.15) is 0 Å². The molecule has 0 spiro atoms. The fraction of sp³-hybridized carbons (Fsp3) is 1.00. The van der Waals surface area contributed by atoms with Gasteiger partial charge in [-0.05, 0) is 31.6 Å². The molecule has 0 aromatic carbocycles. The molecule has 12 heavy (non-hydrogen) atoms. The van der Waals surface area contributed by atoms with E-state index < -0.39 is 0 Å². The molecule has 3 unspecified atom stereocenters. The van der Waals surface area contributed by atoms with Gasteiger partial charge >= 0.3 is 0 Å². The standard InChI is InChI=1S/C10H22O2/c1-7(2)5-10(12)6-8(3)9(4)11/h7-12H,5-6H2,1-4H3. The molecule has 74 valence electrons. The van der Waals surface area contributed by atoms with Gasteiger partial charge in [0.15, 0.2) is 0 Å². The van der Waals surface area contributed by atoms with Crippen molar-refractivity contribution in [3.05, 3.63) is 0 Å². The highest BCUT2D eigenvalue weighted by Gasteiger charge is 2.15. The Morgan fingerprint density at radius 1 is 0.917 bits per heavy atom. The number of aliphatic hydroxyl groups excluding tert-OH is 2. The maximum atomic E-state index is 9.53. The topological polar surface area (TPSA) is 40.5 Å². The predicted molar refractivity (Wildman–Crippen MR) is 50.9 cm³/mol. The molecule has 0 aliphatic carbocycles. The Morgan fingerprint density at radius 3 is 1.75 bits per heavy atom. The van der Waals surface area contributed by atoms with Crippen LogP contribution in [0.4, 0.5) is 0 Å². The van der Waals surface area contributed by atoms with E-state index in [9.17, 15) is 10.2 Å². The molecule has 0 aromatic rings. The van der Waals surface area contributed by atoms with E-state index in [0.717, 1.165) is 6.42 Å². The molecule has 0 bridgehead atoms. The highest BCUT2D eigenvalue weighted by molar-refractivity contribution is 4.66. The van der Waals surface area contributed by atoms with Crippen LogP contribution >= 0.6 is 0 Å². The zero-order valence-electron chi connectivity index (χ0n) is 8.62. The molecule has 2 nitrogen and oxygen atoms in total. The Morgan fingerprint density at radius 2 is 1.42 bits per heavy atom. The molecule has 0 aliphatic rings. The zero-order valence-corrected chi connectivity index (χ0v) is 8.62. The number of hydrogen-bond acceptors (Lipinski definition) is 2. The van der Waals surface area contributed by atoms with Crippen molar-refractivity contribution < 1.29 is 10.2 Å². The molecule has 2 N–H and O–H groups in total. The molecule has 0 saturated carbocycles. The average Bonchev–Trinajstić information content (AvgIpc) is 1.84. The van der Waals surface area contributed by atoms with Crippen molar-refractivity contribution >= 4 is 0 Å². The summed E-state index contributed by atoms with van der Waals surface area (Å²) in [4.78, 5) is 0. The van der Waals surface area contributed by atoms with Gasteiger partial charge in [0.25, 0.3) is 0 Å². The first-order valence-electron chi connectivity index (χ1n) is 4.79. The van der Waals surface area contributed by atoms with Crippen molar-refractivity contribution in [2.75, 3.05) is 0 Å². The van der Waals surface area contributed by atoms with Gasteiger partial charge in [0.05, 0.1) is 12.2 Å². The van der Waals surface area contributed by atoms with Gasteiger partial charge in [-0.3, -0.25) is 0 Å². The summed E-state index contributed by atoms with van der Waals surface area (Å²) >= 11 is 0. The van der Waals surface area contributed by atoms with Crippen LogP contribution in [0.25, 0.3) is 0 Å². The second-order valence-electron chi connectivity index (χ2n) is 4.24. The lowest BCUT2D eigenvalue weighted by atomic mass is 9.94. The molecule has 0 radical (unpaired) electrons. The molecule has 0 heterocycles.